The molecule has 1 heterocycles. The lowest BCUT2D eigenvalue weighted by molar-refractivity contribution is 0.0419. The smallest absolute Gasteiger partial charge is 0.188 e. The SMILES string of the molecule is CN1CCN(CCN=C(N)NC2CCC2)CC1(C)C. The zero-order valence-electron chi connectivity index (χ0n) is 12.7. The molecule has 0 amide bonds. The fourth-order valence-electron chi connectivity index (χ4n) is 2.65. The first-order valence-corrected chi connectivity index (χ1v) is 7.47. The van der Waals surface area contributed by atoms with Gasteiger partial charge in [0.05, 0.1) is 6.54 Å². The van der Waals surface area contributed by atoms with Crippen molar-refractivity contribution in [3.8, 4) is 0 Å². The average molecular weight is 267 g/mol. The molecule has 0 bridgehead atoms. The molecule has 1 saturated carbocycles. The summed E-state index contributed by atoms with van der Waals surface area (Å²) in [5.74, 6) is 0.623. The molecule has 5 heteroatoms. The van der Waals surface area contributed by atoms with Crippen LogP contribution in [0.2, 0.25) is 0 Å². The number of piperazine rings is 1. The van der Waals surface area contributed by atoms with Crippen molar-refractivity contribution in [1.29, 1.82) is 0 Å². The number of aliphatic imine (C=N–C) groups is 1. The third kappa shape index (κ3) is 4.08. The first kappa shape index (κ1) is 14.6. The maximum atomic E-state index is 5.89. The Hall–Kier alpha value is -0.810. The Kier molecular flexibility index (Phi) is 4.68. The van der Waals surface area contributed by atoms with Crippen LogP contribution in [0.15, 0.2) is 4.99 Å². The summed E-state index contributed by atoms with van der Waals surface area (Å²) in [7, 11) is 2.20. The van der Waals surface area contributed by atoms with E-state index in [-0.39, 0.29) is 5.54 Å². The number of nitrogens with zero attached hydrogens (tertiary/aromatic N) is 3. The number of nitrogens with one attached hydrogen (secondary N) is 1. The summed E-state index contributed by atoms with van der Waals surface area (Å²) in [5.41, 5.74) is 6.15. The summed E-state index contributed by atoms with van der Waals surface area (Å²) in [6.07, 6.45) is 3.80. The van der Waals surface area contributed by atoms with Crippen molar-refractivity contribution in [3.05, 3.63) is 0 Å². The van der Waals surface area contributed by atoms with E-state index >= 15 is 0 Å². The third-order valence-corrected chi connectivity index (χ3v) is 4.55. The van der Waals surface area contributed by atoms with Gasteiger partial charge in [0, 0.05) is 37.8 Å². The molecule has 0 aromatic rings. The number of nitrogens with two attached hydrogens (primary N) is 1. The Morgan fingerprint density at radius 2 is 2.11 bits per heavy atom. The van der Waals surface area contributed by atoms with Crippen LogP contribution in [0.25, 0.3) is 0 Å². The van der Waals surface area contributed by atoms with Crippen LogP contribution in [0, 0.1) is 0 Å². The minimum atomic E-state index is 0.262. The summed E-state index contributed by atoms with van der Waals surface area (Å²) in [4.78, 5) is 9.35. The molecule has 0 spiro atoms. The molecular formula is C14H29N5. The van der Waals surface area contributed by atoms with Crippen LogP contribution >= 0.6 is 0 Å². The van der Waals surface area contributed by atoms with Gasteiger partial charge < -0.3 is 11.1 Å². The van der Waals surface area contributed by atoms with E-state index in [0.717, 1.165) is 32.7 Å². The van der Waals surface area contributed by atoms with Crippen molar-refractivity contribution in [1.82, 2.24) is 15.1 Å². The van der Waals surface area contributed by atoms with Gasteiger partial charge in [0.25, 0.3) is 0 Å². The number of hydrogen-bond donors (Lipinski definition) is 2. The van der Waals surface area contributed by atoms with E-state index in [9.17, 15) is 0 Å². The van der Waals surface area contributed by atoms with Crippen molar-refractivity contribution in [2.75, 3.05) is 39.8 Å². The Morgan fingerprint density at radius 1 is 1.37 bits per heavy atom. The van der Waals surface area contributed by atoms with Crippen LogP contribution in [0.1, 0.15) is 33.1 Å². The molecule has 0 aromatic heterocycles. The molecule has 0 unspecified atom stereocenters. The van der Waals surface area contributed by atoms with Gasteiger partial charge >= 0.3 is 0 Å². The van der Waals surface area contributed by atoms with Crippen LogP contribution in [-0.4, -0.2) is 67.1 Å². The predicted molar refractivity (Wildman–Crippen MR) is 80.4 cm³/mol. The van der Waals surface area contributed by atoms with Crippen molar-refractivity contribution in [2.45, 2.75) is 44.7 Å². The molecule has 110 valence electrons. The molecule has 1 aliphatic carbocycles. The highest BCUT2D eigenvalue weighted by molar-refractivity contribution is 5.78. The van der Waals surface area contributed by atoms with Gasteiger partial charge in [0.15, 0.2) is 5.96 Å². The molecule has 2 aliphatic rings. The van der Waals surface area contributed by atoms with E-state index < -0.39 is 0 Å². The maximum Gasteiger partial charge on any atom is 0.188 e. The lowest BCUT2D eigenvalue weighted by Gasteiger charge is -2.45. The minimum Gasteiger partial charge on any atom is -0.370 e. The zero-order valence-corrected chi connectivity index (χ0v) is 12.7. The number of hydrogen-bond acceptors (Lipinski definition) is 3. The second-order valence-electron chi connectivity index (χ2n) is 6.55. The highest BCUT2D eigenvalue weighted by Crippen LogP contribution is 2.18. The van der Waals surface area contributed by atoms with Gasteiger partial charge in [-0.05, 0) is 40.2 Å². The summed E-state index contributed by atoms with van der Waals surface area (Å²) < 4.78 is 0. The molecule has 0 radical (unpaired) electrons. The van der Waals surface area contributed by atoms with E-state index in [1.54, 1.807) is 0 Å². The van der Waals surface area contributed by atoms with Crippen molar-refractivity contribution < 1.29 is 0 Å². The van der Waals surface area contributed by atoms with Crippen LogP contribution in [-0.2, 0) is 0 Å². The van der Waals surface area contributed by atoms with Gasteiger partial charge in [-0.1, -0.05) is 0 Å². The van der Waals surface area contributed by atoms with E-state index in [1.807, 2.05) is 0 Å². The second-order valence-corrected chi connectivity index (χ2v) is 6.55. The van der Waals surface area contributed by atoms with Gasteiger partial charge in [-0.15, -0.1) is 0 Å². The average Bonchev–Trinajstić information content (AvgIpc) is 2.28. The zero-order chi connectivity index (χ0) is 13.9. The van der Waals surface area contributed by atoms with Gasteiger partial charge in [-0.25, -0.2) is 0 Å². The Labute approximate surface area is 117 Å². The molecule has 1 aliphatic heterocycles. The van der Waals surface area contributed by atoms with Crippen molar-refractivity contribution >= 4 is 5.96 Å². The maximum absolute atomic E-state index is 5.89. The lowest BCUT2D eigenvalue weighted by Crippen LogP contribution is -2.57. The van der Waals surface area contributed by atoms with Gasteiger partial charge in [-0.3, -0.25) is 14.8 Å². The molecule has 3 N–H and O–H groups in total. The first-order valence-electron chi connectivity index (χ1n) is 7.47. The minimum absolute atomic E-state index is 0.262. The highest BCUT2D eigenvalue weighted by Gasteiger charge is 2.30. The Balaban J connectivity index is 1.68. The largest absolute Gasteiger partial charge is 0.370 e. The van der Waals surface area contributed by atoms with Crippen LogP contribution in [0.4, 0.5) is 0 Å². The van der Waals surface area contributed by atoms with Crippen molar-refractivity contribution in [3.63, 3.8) is 0 Å². The Bertz CT molecular complexity index is 322. The number of rotatable bonds is 4. The topological polar surface area (TPSA) is 56.9 Å². The van der Waals surface area contributed by atoms with Gasteiger partial charge in [0.1, 0.15) is 0 Å². The second kappa shape index (κ2) is 6.09. The van der Waals surface area contributed by atoms with E-state index in [2.05, 4.69) is 41.0 Å². The van der Waals surface area contributed by atoms with Crippen molar-refractivity contribution in [2.24, 2.45) is 10.7 Å². The lowest BCUT2D eigenvalue weighted by atomic mass is 9.93. The third-order valence-electron chi connectivity index (χ3n) is 4.55. The first-order chi connectivity index (χ1) is 8.97. The summed E-state index contributed by atoms with van der Waals surface area (Å²) >= 11 is 0. The molecular weight excluding hydrogens is 238 g/mol. The standard InChI is InChI=1S/C14H29N5/c1-14(2)11-19(10-9-18(14)3)8-7-16-13(15)17-12-5-4-6-12/h12H,4-11H2,1-3H3,(H3,15,16,17). The van der Waals surface area contributed by atoms with E-state index in [1.165, 1.54) is 19.3 Å². The fourth-order valence-corrected chi connectivity index (χ4v) is 2.65. The molecule has 19 heavy (non-hydrogen) atoms. The quantitative estimate of drug-likeness (QED) is 0.574. The van der Waals surface area contributed by atoms with E-state index in [0.29, 0.717) is 12.0 Å². The number of likely N-dealkylation sites (N-methyl/N-ethyl adjacent to an activating group) is 1. The fraction of sp³-hybridized carbons (Fsp3) is 0.929. The monoisotopic (exact) mass is 267 g/mol. The molecule has 0 atom stereocenters. The van der Waals surface area contributed by atoms with E-state index in [4.69, 9.17) is 5.73 Å². The summed E-state index contributed by atoms with van der Waals surface area (Å²) in [6.45, 7) is 9.77. The number of guanidine groups is 1. The molecule has 5 nitrogen and oxygen atoms in total. The van der Waals surface area contributed by atoms with Crippen LogP contribution in [0.5, 0.6) is 0 Å². The van der Waals surface area contributed by atoms with Gasteiger partial charge in [0.2, 0.25) is 0 Å². The van der Waals surface area contributed by atoms with Gasteiger partial charge in [-0.2, -0.15) is 0 Å². The van der Waals surface area contributed by atoms with Crippen LogP contribution < -0.4 is 11.1 Å². The highest BCUT2D eigenvalue weighted by atomic mass is 15.3. The predicted octanol–water partition coefficient (Wildman–Crippen LogP) is 0.469. The molecule has 2 rings (SSSR count). The molecule has 0 aromatic carbocycles. The normalized spacial score (nSPS) is 26.2. The molecule has 2 fully saturated rings. The van der Waals surface area contributed by atoms with Crippen LogP contribution in [0.3, 0.4) is 0 Å². The summed E-state index contributed by atoms with van der Waals surface area (Å²) in [5, 5.41) is 3.28. The summed E-state index contributed by atoms with van der Waals surface area (Å²) in [6, 6.07) is 0.575. The Morgan fingerprint density at radius 3 is 2.68 bits per heavy atom. The molecule has 1 saturated heterocycles.